The van der Waals surface area contributed by atoms with E-state index in [1.54, 1.807) is 24.3 Å². The summed E-state index contributed by atoms with van der Waals surface area (Å²) >= 11 is 0. The van der Waals surface area contributed by atoms with Crippen LogP contribution in [0.5, 0.6) is 0 Å². The van der Waals surface area contributed by atoms with Gasteiger partial charge in [0.25, 0.3) is 11.8 Å². The number of hydrogen-bond donors (Lipinski definition) is 0. The summed E-state index contributed by atoms with van der Waals surface area (Å²) in [5.74, 6) is -0.595. The largest absolute Gasteiger partial charge is 0.469 e. The number of carbonyl (C=O) groups is 4. The molecule has 204 valence electrons. The number of nitrogens with zero attached hydrogens (tertiary/aromatic N) is 3. The molecule has 3 amide bonds. The van der Waals surface area contributed by atoms with Crippen molar-refractivity contribution in [3.05, 3.63) is 65.2 Å². The first kappa shape index (κ1) is 28.9. The van der Waals surface area contributed by atoms with E-state index in [4.69, 9.17) is 0 Å². The zero-order chi connectivity index (χ0) is 27.5. The summed E-state index contributed by atoms with van der Waals surface area (Å²) < 4.78 is 4.67. The van der Waals surface area contributed by atoms with Gasteiger partial charge < -0.3 is 14.5 Å². The molecule has 1 heterocycles. The zero-order valence-corrected chi connectivity index (χ0v) is 22.8. The highest BCUT2D eigenvalue weighted by Gasteiger charge is 2.34. The lowest BCUT2D eigenvalue weighted by molar-refractivity contribution is -0.140. The van der Waals surface area contributed by atoms with E-state index in [1.807, 2.05) is 48.2 Å². The standard InChI is InChI=1S/C30H39N3O5/c1-31(2)24-18-16-23(17-19-24)22-32(27(34)14-6-4-5-7-15-28(35)38-3)20-10-11-21-33-29(36)25-12-8-9-13-26(25)30(33)37/h8-9,12-13,16-19H,4-7,10-11,14-15,20-22H2,1-3H3. The Morgan fingerprint density at radius 1 is 0.789 bits per heavy atom. The number of anilines is 1. The molecule has 0 aromatic heterocycles. The monoisotopic (exact) mass is 521 g/mol. The van der Waals surface area contributed by atoms with Crippen LogP contribution >= 0.6 is 0 Å². The minimum absolute atomic E-state index is 0.0929. The number of methoxy groups -OCH3 is 1. The molecule has 0 spiro atoms. The summed E-state index contributed by atoms with van der Waals surface area (Å²) in [6, 6.07) is 15.1. The third kappa shape index (κ3) is 7.91. The zero-order valence-electron chi connectivity index (χ0n) is 22.8. The van der Waals surface area contributed by atoms with Crippen LogP contribution in [0.25, 0.3) is 0 Å². The van der Waals surface area contributed by atoms with Crippen molar-refractivity contribution in [3.63, 3.8) is 0 Å². The fraction of sp³-hybridized carbons (Fsp3) is 0.467. The van der Waals surface area contributed by atoms with E-state index in [-0.39, 0.29) is 23.7 Å². The van der Waals surface area contributed by atoms with Crippen molar-refractivity contribution in [2.45, 2.75) is 57.9 Å². The van der Waals surface area contributed by atoms with E-state index in [1.165, 1.54) is 12.0 Å². The topological polar surface area (TPSA) is 87.2 Å². The molecular weight excluding hydrogens is 482 g/mol. The number of amides is 3. The molecule has 38 heavy (non-hydrogen) atoms. The first-order valence-corrected chi connectivity index (χ1v) is 13.4. The molecule has 1 aliphatic heterocycles. The Bertz CT molecular complexity index is 1080. The molecular formula is C30H39N3O5. The van der Waals surface area contributed by atoms with Crippen LogP contribution in [0, 0.1) is 0 Å². The van der Waals surface area contributed by atoms with Crippen LogP contribution < -0.4 is 4.90 Å². The molecule has 0 fully saturated rings. The fourth-order valence-corrected chi connectivity index (χ4v) is 4.59. The van der Waals surface area contributed by atoms with Crippen molar-refractivity contribution in [2.75, 3.05) is 39.2 Å². The van der Waals surface area contributed by atoms with Crippen LogP contribution in [0.4, 0.5) is 5.69 Å². The predicted molar refractivity (Wildman–Crippen MR) is 147 cm³/mol. The highest BCUT2D eigenvalue weighted by molar-refractivity contribution is 6.21. The smallest absolute Gasteiger partial charge is 0.305 e. The molecule has 2 aromatic carbocycles. The summed E-state index contributed by atoms with van der Waals surface area (Å²) in [7, 11) is 5.37. The second kappa shape index (κ2) is 14.3. The Balaban J connectivity index is 1.52. The molecule has 8 heteroatoms. The average molecular weight is 522 g/mol. The number of fused-ring (bicyclic) bond motifs is 1. The third-order valence-electron chi connectivity index (χ3n) is 6.87. The SMILES string of the molecule is COC(=O)CCCCCCC(=O)N(CCCCN1C(=O)c2ccccc2C1=O)Cc1ccc(N(C)C)cc1. The highest BCUT2D eigenvalue weighted by Crippen LogP contribution is 2.23. The molecule has 0 N–H and O–H groups in total. The fourth-order valence-electron chi connectivity index (χ4n) is 4.59. The van der Waals surface area contributed by atoms with Gasteiger partial charge in [-0.25, -0.2) is 0 Å². The van der Waals surface area contributed by atoms with Gasteiger partial charge in [-0.15, -0.1) is 0 Å². The number of rotatable bonds is 15. The van der Waals surface area contributed by atoms with Crippen molar-refractivity contribution in [3.8, 4) is 0 Å². The Labute approximate surface area is 225 Å². The quantitative estimate of drug-likeness (QED) is 0.192. The van der Waals surface area contributed by atoms with Gasteiger partial charge in [0.15, 0.2) is 0 Å². The molecule has 8 nitrogen and oxygen atoms in total. The van der Waals surface area contributed by atoms with Gasteiger partial charge in [0.2, 0.25) is 5.91 Å². The molecule has 1 aliphatic rings. The molecule has 0 bridgehead atoms. The summed E-state index contributed by atoms with van der Waals surface area (Å²) in [5, 5.41) is 0. The average Bonchev–Trinajstić information content (AvgIpc) is 3.17. The molecule has 0 saturated heterocycles. The van der Waals surface area contributed by atoms with Gasteiger partial charge >= 0.3 is 5.97 Å². The molecule has 0 saturated carbocycles. The van der Waals surface area contributed by atoms with Gasteiger partial charge in [-0.1, -0.05) is 37.1 Å². The van der Waals surface area contributed by atoms with Crippen LogP contribution in [0.2, 0.25) is 0 Å². The van der Waals surface area contributed by atoms with Crippen molar-refractivity contribution < 1.29 is 23.9 Å². The van der Waals surface area contributed by atoms with E-state index < -0.39 is 0 Å². The number of ether oxygens (including phenoxy) is 1. The van der Waals surface area contributed by atoms with Crippen LogP contribution in [0.3, 0.4) is 0 Å². The lowest BCUT2D eigenvalue weighted by Crippen LogP contribution is -2.33. The molecule has 2 aromatic rings. The lowest BCUT2D eigenvalue weighted by atomic mass is 10.1. The van der Waals surface area contributed by atoms with Crippen LogP contribution in [-0.2, 0) is 20.9 Å². The van der Waals surface area contributed by atoms with E-state index in [0.717, 1.165) is 36.9 Å². The second-order valence-electron chi connectivity index (χ2n) is 9.88. The minimum Gasteiger partial charge on any atom is -0.469 e. The summed E-state index contributed by atoms with van der Waals surface area (Å²) in [6.45, 7) is 1.41. The van der Waals surface area contributed by atoms with Gasteiger partial charge in [-0.2, -0.15) is 0 Å². The van der Waals surface area contributed by atoms with Crippen LogP contribution in [0.1, 0.15) is 77.6 Å². The Morgan fingerprint density at radius 3 is 1.97 bits per heavy atom. The van der Waals surface area contributed by atoms with E-state index in [2.05, 4.69) is 4.74 Å². The summed E-state index contributed by atoms with van der Waals surface area (Å²) in [5.41, 5.74) is 3.08. The van der Waals surface area contributed by atoms with Crippen molar-refractivity contribution in [1.29, 1.82) is 0 Å². The van der Waals surface area contributed by atoms with Crippen molar-refractivity contribution in [2.24, 2.45) is 0 Å². The molecule has 3 rings (SSSR count). The number of hydrogen-bond acceptors (Lipinski definition) is 6. The molecule has 0 aliphatic carbocycles. The van der Waals surface area contributed by atoms with Crippen molar-refractivity contribution >= 4 is 29.4 Å². The Hall–Kier alpha value is -3.68. The van der Waals surface area contributed by atoms with Gasteiger partial charge in [-0.05, 0) is 55.5 Å². The molecule has 0 radical (unpaired) electrons. The third-order valence-corrected chi connectivity index (χ3v) is 6.87. The maximum absolute atomic E-state index is 13.1. The molecule has 0 unspecified atom stereocenters. The minimum atomic E-state index is -0.244. The van der Waals surface area contributed by atoms with Gasteiger partial charge in [-0.3, -0.25) is 24.1 Å². The Morgan fingerprint density at radius 2 is 1.39 bits per heavy atom. The highest BCUT2D eigenvalue weighted by atomic mass is 16.5. The number of unbranched alkanes of at least 4 members (excludes halogenated alkanes) is 4. The van der Waals surface area contributed by atoms with E-state index in [0.29, 0.717) is 56.4 Å². The van der Waals surface area contributed by atoms with Gasteiger partial charge in [0.1, 0.15) is 0 Å². The van der Waals surface area contributed by atoms with E-state index in [9.17, 15) is 19.2 Å². The maximum Gasteiger partial charge on any atom is 0.305 e. The normalized spacial score (nSPS) is 12.4. The first-order valence-electron chi connectivity index (χ1n) is 13.4. The number of benzene rings is 2. The Kier molecular flexibility index (Phi) is 10.9. The summed E-state index contributed by atoms with van der Waals surface area (Å²) in [4.78, 5) is 54.8. The first-order chi connectivity index (χ1) is 18.3. The maximum atomic E-state index is 13.1. The molecule has 0 atom stereocenters. The van der Waals surface area contributed by atoms with Gasteiger partial charge in [0, 0.05) is 52.3 Å². The number of imide groups is 1. The summed E-state index contributed by atoms with van der Waals surface area (Å²) in [6.07, 6.45) is 5.48. The van der Waals surface area contributed by atoms with Crippen LogP contribution in [-0.4, -0.2) is 67.8 Å². The van der Waals surface area contributed by atoms with Crippen molar-refractivity contribution in [1.82, 2.24) is 9.80 Å². The van der Waals surface area contributed by atoms with Crippen LogP contribution in [0.15, 0.2) is 48.5 Å². The lowest BCUT2D eigenvalue weighted by Gasteiger charge is -2.24. The number of carbonyl (C=O) groups excluding carboxylic acids is 4. The van der Waals surface area contributed by atoms with E-state index >= 15 is 0 Å². The predicted octanol–water partition coefficient (Wildman–Crippen LogP) is 4.67. The second-order valence-corrected chi connectivity index (χ2v) is 9.88. The van der Waals surface area contributed by atoms with Gasteiger partial charge in [0.05, 0.1) is 18.2 Å². The number of esters is 1.